The highest BCUT2D eigenvalue weighted by Crippen LogP contribution is 2.25. The Morgan fingerprint density at radius 2 is 2.11 bits per heavy atom. The Bertz CT molecular complexity index is 326. The maximum absolute atomic E-state index is 12.3. The van der Waals surface area contributed by atoms with Gasteiger partial charge in [-0.3, -0.25) is 4.79 Å². The molecule has 3 unspecified atom stereocenters. The second-order valence-electron chi connectivity index (χ2n) is 4.87. The fraction of sp³-hybridized carbons (Fsp3) is 0.833. The van der Waals surface area contributed by atoms with Crippen LogP contribution in [-0.4, -0.2) is 60.4 Å². The Morgan fingerprint density at radius 3 is 2.72 bits per heavy atom. The molecule has 6 heteroatoms. The van der Waals surface area contributed by atoms with E-state index in [4.69, 9.17) is 9.47 Å². The van der Waals surface area contributed by atoms with Crippen molar-refractivity contribution in [2.75, 3.05) is 26.4 Å². The molecule has 2 aliphatic rings. The standard InChI is InChI=1S/C12H19NO5/c1-8-3-2-4-13(10(8)12(15)16)11(14)9-7-17-5-6-18-9/h8-10H,2-7H2,1H3,(H,15,16). The molecule has 0 aromatic heterocycles. The molecule has 1 amide bonds. The predicted molar refractivity (Wildman–Crippen MR) is 62.1 cm³/mol. The summed E-state index contributed by atoms with van der Waals surface area (Å²) >= 11 is 0. The maximum atomic E-state index is 12.3. The average Bonchev–Trinajstić information content (AvgIpc) is 2.38. The van der Waals surface area contributed by atoms with Crippen LogP contribution in [0.15, 0.2) is 0 Å². The number of ether oxygens (including phenoxy) is 2. The van der Waals surface area contributed by atoms with Gasteiger partial charge in [0.05, 0.1) is 19.8 Å². The molecule has 2 fully saturated rings. The minimum absolute atomic E-state index is 0.0234. The normalized spacial score (nSPS) is 33.2. The average molecular weight is 257 g/mol. The summed E-state index contributed by atoms with van der Waals surface area (Å²) in [5, 5.41) is 9.26. The van der Waals surface area contributed by atoms with Gasteiger partial charge in [0.25, 0.3) is 5.91 Å². The zero-order valence-electron chi connectivity index (χ0n) is 10.5. The lowest BCUT2D eigenvalue weighted by molar-refractivity contribution is -0.169. The molecule has 2 aliphatic heterocycles. The van der Waals surface area contributed by atoms with E-state index in [1.54, 1.807) is 0 Å². The number of carbonyl (C=O) groups is 2. The first-order valence-electron chi connectivity index (χ1n) is 6.34. The van der Waals surface area contributed by atoms with Crippen LogP contribution in [0.25, 0.3) is 0 Å². The van der Waals surface area contributed by atoms with Gasteiger partial charge in [-0.2, -0.15) is 0 Å². The second-order valence-corrected chi connectivity index (χ2v) is 4.87. The number of nitrogens with zero attached hydrogens (tertiary/aromatic N) is 1. The third kappa shape index (κ3) is 2.64. The Kier molecular flexibility index (Phi) is 4.19. The van der Waals surface area contributed by atoms with E-state index in [1.165, 1.54) is 4.90 Å². The molecule has 0 spiro atoms. The van der Waals surface area contributed by atoms with Gasteiger partial charge in [-0.1, -0.05) is 6.92 Å². The Labute approximate surface area is 106 Å². The molecule has 0 bridgehead atoms. The van der Waals surface area contributed by atoms with Crippen LogP contribution in [0.2, 0.25) is 0 Å². The highest BCUT2D eigenvalue weighted by molar-refractivity contribution is 5.87. The quantitative estimate of drug-likeness (QED) is 0.760. The monoisotopic (exact) mass is 257 g/mol. The van der Waals surface area contributed by atoms with E-state index in [0.717, 1.165) is 12.8 Å². The van der Waals surface area contributed by atoms with E-state index in [2.05, 4.69) is 0 Å². The molecule has 2 saturated heterocycles. The van der Waals surface area contributed by atoms with Gasteiger partial charge in [0, 0.05) is 6.54 Å². The third-order valence-corrected chi connectivity index (χ3v) is 3.56. The molecular weight excluding hydrogens is 238 g/mol. The lowest BCUT2D eigenvalue weighted by Gasteiger charge is -2.39. The number of hydrogen-bond acceptors (Lipinski definition) is 4. The molecular formula is C12H19NO5. The highest BCUT2D eigenvalue weighted by Gasteiger charge is 2.40. The summed E-state index contributed by atoms with van der Waals surface area (Å²) in [6.45, 7) is 3.45. The molecule has 0 radical (unpaired) electrons. The summed E-state index contributed by atoms with van der Waals surface area (Å²) < 4.78 is 10.5. The van der Waals surface area contributed by atoms with E-state index >= 15 is 0 Å². The van der Waals surface area contributed by atoms with Crippen LogP contribution in [0, 0.1) is 5.92 Å². The molecule has 2 heterocycles. The summed E-state index contributed by atoms with van der Waals surface area (Å²) in [4.78, 5) is 25.0. The fourth-order valence-electron chi connectivity index (χ4n) is 2.63. The smallest absolute Gasteiger partial charge is 0.326 e. The van der Waals surface area contributed by atoms with Crippen LogP contribution < -0.4 is 0 Å². The number of carbonyl (C=O) groups excluding carboxylic acids is 1. The number of carboxylic acids is 1. The van der Waals surface area contributed by atoms with Crippen molar-refractivity contribution in [1.82, 2.24) is 4.90 Å². The van der Waals surface area contributed by atoms with E-state index < -0.39 is 18.1 Å². The molecule has 18 heavy (non-hydrogen) atoms. The summed E-state index contributed by atoms with van der Waals surface area (Å²) in [6.07, 6.45) is 1.03. The number of hydrogen-bond donors (Lipinski definition) is 1. The van der Waals surface area contributed by atoms with Crippen molar-refractivity contribution >= 4 is 11.9 Å². The zero-order valence-corrected chi connectivity index (χ0v) is 10.5. The zero-order chi connectivity index (χ0) is 13.1. The van der Waals surface area contributed by atoms with Gasteiger partial charge < -0.3 is 19.5 Å². The molecule has 0 aromatic rings. The topological polar surface area (TPSA) is 76.1 Å². The molecule has 6 nitrogen and oxygen atoms in total. The van der Waals surface area contributed by atoms with E-state index in [-0.39, 0.29) is 18.4 Å². The maximum Gasteiger partial charge on any atom is 0.326 e. The van der Waals surface area contributed by atoms with Gasteiger partial charge in [0.2, 0.25) is 0 Å². The summed E-state index contributed by atoms with van der Waals surface area (Å²) in [5.74, 6) is -1.22. The van der Waals surface area contributed by atoms with Gasteiger partial charge >= 0.3 is 5.97 Å². The molecule has 2 rings (SSSR count). The summed E-state index contributed by atoms with van der Waals surface area (Å²) in [7, 11) is 0. The van der Waals surface area contributed by atoms with Crippen LogP contribution in [0.3, 0.4) is 0 Å². The third-order valence-electron chi connectivity index (χ3n) is 3.56. The van der Waals surface area contributed by atoms with Crippen molar-refractivity contribution in [3.8, 4) is 0 Å². The van der Waals surface area contributed by atoms with Crippen molar-refractivity contribution < 1.29 is 24.2 Å². The molecule has 102 valence electrons. The van der Waals surface area contributed by atoms with Gasteiger partial charge in [0.15, 0.2) is 6.10 Å². The summed E-state index contributed by atoms with van der Waals surface area (Å²) in [6, 6.07) is -0.739. The van der Waals surface area contributed by atoms with Crippen molar-refractivity contribution in [2.24, 2.45) is 5.92 Å². The minimum atomic E-state index is -0.938. The SMILES string of the molecule is CC1CCCN(C(=O)C2COCCO2)C1C(=O)O. The second kappa shape index (κ2) is 5.67. The number of piperidine rings is 1. The van der Waals surface area contributed by atoms with Crippen molar-refractivity contribution in [3.05, 3.63) is 0 Å². The van der Waals surface area contributed by atoms with Gasteiger partial charge in [-0.05, 0) is 18.8 Å². The molecule has 0 saturated carbocycles. The van der Waals surface area contributed by atoms with Gasteiger partial charge in [-0.15, -0.1) is 0 Å². The molecule has 1 N–H and O–H groups in total. The van der Waals surface area contributed by atoms with Gasteiger partial charge in [-0.25, -0.2) is 4.79 Å². The number of aliphatic carboxylic acids is 1. The molecule has 3 atom stereocenters. The minimum Gasteiger partial charge on any atom is -0.480 e. The van der Waals surface area contributed by atoms with Gasteiger partial charge in [0.1, 0.15) is 6.04 Å². The van der Waals surface area contributed by atoms with Crippen LogP contribution in [0.4, 0.5) is 0 Å². The van der Waals surface area contributed by atoms with Crippen molar-refractivity contribution in [2.45, 2.75) is 31.9 Å². The van der Waals surface area contributed by atoms with Crippen LogP contribution in [0.5, 0.6) is 0 Å². The Hall–Kier alpha value is -1.14. The lowest BCUT2D eigenvalue weighted by Crippen LogP contribution is -2.56. The van der Waals surface area contributed by atoms with Crippen LogP contribution in [-0.2, 0) is 19.1 Å². The summed E-state index contributed by atoms with van der Waals surface area (Å²) in [5.41, 5.74) is 0. The first kappa shape index (κ1) is 13.3. The number of rotatable bonds is 2. The Morgan fingerprint density at radius 1 is 1.33 bits per heavy atom. The lowest BCUT2D eigenvalue weighted by atomic mass is 9.90. The van der Waals surface area contributed by atoms with E-state index in [1.807, 2.05) is 6.92 Å². The van der Waals surface area contributed by atoms with Crippen LogP contribution in [0.1, 0.15) is 19.8 Å². The Balaban J connectivity index is 2.08. The van der Waals surface area contributed by atoms with E-state index in [0.29, 0.717) is 19.8 Å². The number of amides is 1. The predicted octanol–water partition coefficient (Wildman–Crippen LogP) is 0.114. The highest BCUT2D eigenvalue weighted by atomic mass is 16.6. The molecule has 0 aliphatic carbocycles. The largest absolute Gasteiger partial charge is 0.480 e. The number of likely N-dealkylation sites (tertiary alicyclic amines) is 1. The van der Waals surface area contributed by atoms with Crippen LogP contribution >= 0.6 is 0 Å². The van der Waals surface area contributed by atoms with E-state index in [9.17, 15) is 14.7 Å². The first-order valence-corrected chi connectivity index (χ1v) is 6.34. The molecule has 0 aromatic carbocycles. The number of carboxylic acid groups (broad SMARTS) is 1. The first-order chi connectivity index (χ1) is 8.61. The van der Waals surface area contributed by atoms with Crippen molar-refractivity contribution in [1.29, 1.82) is 0 Å². The fourth-order valence-corrected chi connectivity index (χ4v) is 2.63. The van der Waals surface area contributed by atoms with Crippen molar-refractivity contribution in [3.63, 3.8) is 0 Å².